The van der Waals surface area contributed by atoms with Crippen molar-refractivity contribution in [2.75, 3.05) is 12.3 Å². The van der Waals surface area contributed by atoms with Gasteiger partial charge >= 0.3 is 5.97 Å². The van der Waals surface area contributed by atoms with Crippen molar-refractivity contribution in [1.29, 1.82) is 0 Å². The summed E-state index contributed by atoms with van der Waals surface area (Å²) >= 11 is 7.37. The van der Waals surface area contributed by atoms with Crippen molar-refractivity contribution in [3.63, 3.8) is 0 Å². The first-order valence-electron chi connectivity index (χ1n) is 6.48. The number of carbonyl (C=O) groups is 2. The first-order valence-corrected chi connectivity index (χ1v) is 7.85. The molecular formula is C14H16ClNO3S. The van der Waals surface area contributed by atoms with Crippen LogP contribution in [0.5, 0.6) is 0 Å². The molecule has 4 nitrogen and oxygen atoms in total. The maximum atomic E-state index is 12.0. The van der Waals surface area contributed by atoms with Crippen LogP contribution in [0.2, 0.25) is 5.02 Å². The number of nitrogens with zero attached hydrogens (tertiary/aromatic N) is 1. The minimum Gasteiger partial charge on any atom is -0.480 e. The molecule has 1 amide bonds. The van der Waals surface area contributed by atoms with E-state index in [9.17, 15) is 9.59 Å². The molecule has 1 aliphatic heterocycles. The number of amides is 1. The summed E-state index contributed by atoms with van der Waals surface area (Å²) in [6.07, 6.45) is 1.69. The summed E-state index contributed by atoms with van der Waals surface area (Å²) < 4.78 is 0. The summed E-state index contributed by atoms with van der Waals surface area (Å²) in [5.41, 5.74) is 0. The molecule has 1 aliphatic rings. The van der Waals surface area contributed by atoms with Crippen molar-refractivity contribution in [2.45, 2.75) is 30.2 Å². The fourth-order valence-electron chi connectivity index (χ4n) is 2.25. The number of rotatable bonds is 5. The summed E-state index contributed by atoms with van der Waals surface area (Å²) in [5, 5.41) is 9.74. The fraction of sp³-hybridized carbons (Fsp3) is 0.429. The van der Waals surface area contributed by atoms with Crippen molar-refractivity contribution >= 4 is 35.2 Å². The minimum absolute atomic E-state index is 0.0728. The third-order valence-corrected chi connectivity index (χ3v) is 4.52. The number of benzene rings is 1. The van der Waals surface area contributed by atoms with E-state index in [0.29, 0.717) is 30.2 Å². The second-order valence-corrected chi connectivity index (χ2v) is 6.24. The maximum Gasteiger partial charge on any atom is 0.326 e. The number of hydrogen-bond acceptors (Lipinski definition) is 3. The average Bonchev–Trinajstić information content (AvgIpc) is 2.90. The standard InChI is InChI=1S/C14H16ClNO3S/c15-10-3-5-11(6-4-10)20-9-7-13(17)16-8-1-2-12(16)14(18)19/h3-6,12H,1-2,7-9H2,(H,18,19)/t12-/m0/s1. The van der Waals surface area contributed by atoms with E-state index in [0.717, 1.165) is 11.3 Å². The van der Waals surface area contributed by atoms with Gasteiger partial charge in [-0.2, -0.15) is 0 Å². The molecule has 0 aliphatic carbocycles. The van der Waals surface area contributed by atoms with E-state index in [4.69, 9.17) is 16.7 Å². The van der Waals surface area contributed by atoms with Crippen LogP contribution in [0, 0.1) is 0 Å². The van der Waals surface area contributed by atoms with Gasteiger partial charge in [0.1, 0.15) is 6.04 Å². The van der Waals surface area contributed by atoms with Gasteiger partial charge in [0.05, 0.1) is 0 Å². The summed E-state index contributed by atoms with van der Waals surface area (Å²) in [5.74, 6) is -0.332. The molecule has 0 unspecified atom stereocenters. The summed E-state index contributed by atoms with van der Waals surface area (Å²) in [4.78, 5) is 25.6. The van der Waals surface area contributed by atoms with Gasteiger partial charge in [-0.3, -0.25) is 4.79 Å². The monoisotopic (exact) mass is 313 g/mol. The Labute approximate surface area is 127 Å². The molecule has 1 aromatic rings. The molecule has 2 rings (SSSR count). The quantitative estimate of drug-likeness (QED) is 0.849. The lowest BCUT2D eigenvalue weighted by atomic mass is 10.2. The van der Waals surface area contributed by atoms with Gasteiger partial charge in [-0.05, 0) is 37.1 Å². The highest BCUT2D eigenvalue weighted by Crippen LogP contribution is 2.23. The molecule has 1 atom stereocenters. The Morgan fingerprint density at radius 3 is 2.70 bits per heavy atom. The van der Waals surface area contributed by atoms with E-state index in [-0.39, 0.29) is 5.91 Å². The molecule has 1 heterocycles. The number of likely N-dealkylation sites (tertiary alicyclic amines) is 1. The lowest BCUT2D eigenvalue weighted by Gasteiger charge is -2.21. The van der Waals surface area contributed by atoms with Gasteiger partial charge in [0.2, 0.25) is 5.91 Å². The summed E-state index contributed by atoms with van der Waals surface area (Å²) in [7, 11) is 0. The van der Waals surface area contributed by atoms with Gasteiger partial charge in [-0.25, -0.2) is 4.79 Å². The van der Waals surface area contributed by atoms with Crippen LogP contribution in [-0.4, -0.2) is 40.2 Å². The highest BCUT2D eigenvalue weighted by Gasteiger charge is 2.33. The van der Waals surface area contributed by atoms with Gasteiger partial charge in [0.15, 0.2) is 0 Å². The van der Waals surface area contributed by atoms with Crippen molar-refractivity contribution in [1.82, 2.24) is 4.90 Å². The first-order chi connectivity index (χ1) is 9.58. The normalized spacial score (nSPS) is 18.2. The van der Waals surface area contributed by atoms with Crippen LogP contribution in [0.3, 0.4) is 0 Å². The zero-order valence-corrected chi connectivity index (χ0v) is 12.5. The number of carboxylic acid groups (broad SMARTS) is 1. The van der Waals surface area contributed by atoms with Gasteiger partial charge in [-0.15, -0.1) is 11.8 Å². The lowest BCUT2D eigenvalue weighted by molar-refractivity contribution is -0.148. The number of aliphatic carboxylic acids is 1. The van der Waals surface area contributed by atoms with Gasteiger partial charge in [0.25, 0.3) is 0 Å². The van der Waals surface area contributed by atoms with E-state index in [1.165, 1.54) is 4.90 Å². The molecule has 6 heteroatoms. The molecule has 1 aromatic carbocycles. The third-order valence-electron chi connectivity index (χ3n) is 3.26. The lowest BCUT2D eigenvalue weighted by Crippen LogP contribution is -2.40. The Bertz CT molecular complexity index is 492. The van der Waals surface area contributed by atoms with Crippen molar-refractivity contribution < 1.29 is 14.7 Å². The molecule has 20 heavy (non-hydrogen) atoms. The molecular weight excluding hydrogens is 298 g/mol. The number of thioether (sulfide) groups is 1. The van der Waals surface area contributed by atoms with Crippen molar-refractivity contribution in [3.05, 3.63) is 29.3 Å². The minimum atomic E-state index is -0.902. The molecule has 1 fully saturated rings. The SMILES string of the molecule is O=C(O)[C@@H]1CCCN1C(=O)CCSc1ccc(Cl)cc1. The molecule has 1 N–H and O–H groups in total. The highest BCUT2D eigenvalue weighted by atomic mass is 35.5. The molecule has 0 saturated carbocycles. The molecule has 0 spiro atoms. The highest BCUT2D eigenvalue weighted by molar-refractivity contribution is 7.99. The zero-order chi connectivity index (χ0) is 14.5. The Balaban J connectivity index is 1.80. The van der Waals surface area contributed by atoms with Crippen LogP contribution in [0.25, 0.3) is 0 Å². The largest absolute Gasteiger partial charge is 0.480 e. The molecule has 0 bridgehead atoms. The number of carbonyl (C=O) groups excluding carboxylic acids is 1. The Kier molecular flexibility index (Phi) is 5.31. The van der Waals surface area contributed by atoms with E-state index < -0.39 is 12.0 Å². The Morgan fingerprint density at radius 1 is 1.35 bits per heavy atom. The predicted octanol–water partition coefficient (Wildman–Crippen LogP) is 2.90. The molecule has 108 valence electrons. The second-order valence-electron chi connectivity index (χ2n) is 4.64. The average molecular weight is 314 g/mol. The van der Waals surface area contributed by atoms with E-state index >= 15 is 0 Å². The Hall–Kier alpha value is -1.20. The van der Waals surface area contributed by atoms with Crippen molar-refractivity contribution in [2.24, 2.45) is 0 Å². The van der Waals surface area contributed by atoms with Crippen molar-refractivity contribution in [3.8, 4) is 0 Å². The number of halogens is 1. The van der Waals surface area contributed by atoms with Gasteiger partial charge in [-0.1, -0.05) is 11.6 Å². The van der Waals surface area contributed by atoms with Crippen LogP contribution < -0.4 is 0 Å². The van der Waals surface area contributed by atoms with E-state index in [1.54, 1.807) is 11.8 Å². The molecule has 0 aromatic heterocycles. The number of carboxylic acids is 1. The fourth-order valence-corrected chi connectivity index (χ4v) is 3.22. The number of hydrogen-bond donors (Lipinski definition) is 1. The topological polar surface area (TPSA) is 57.6 Å². The third kappa shape index (κ3) is 3.90. The van der Waals surface area contributed by atoms with Crippen LogP contribution >= 0.6 is 23.4 Å². The van der Waals surface area contributed by atoms with Crippen LogP contribution in [0.1, 0.15) is 19.3 Å². The Morgan fingerprint density at radius 2 is 2.05 bits per heavy atom. The van der Waals surface area contributed by atoms with E-state index in [2.05, 4.69) is 0 Å². The van der Waals surface area contributed by atoms with Crippen LogP contribution in [0.15, 0.2) is 29.2 Å². The first kappa shape index (κ1) is 15.2. The van der Waals surface area contributed by atoms with E-state index in [1.807, 2.05) is 24.3 Å². The van der Waals surface area contributed by atoms with Gasteiger partial charge in [0, 0.05) is 28.6 Å². The second kappa shape index (κ2) is 6.99. The van der Waals surface area contributed by atoms with Crippen LogP contribution in [-0.2, 0) is 9.59 Å². The summed E-state index contributed by atoms with van der Waals surface area (Å²) in [6, 6.07) is 6.81. The zero-order valence-electron chi connectivity index (χ0n) is 10.9. The van der Waals surface area contributed by atoms with Gasteiger partial charge < -0.3 is 10.0 Å². The molecule has 0 radical (unpaired) electrons. The van der Waals surface area contributed by atoms with Crippen LogP contribution in [0.4, 0.5) is 0 Å². The smallest absolute Gasteiger partial charge is 0.326 e. The maximum absolute atomic E-state index is 12.0. The predicted molar refractivity (Wildman–Crippen MR) is 79.2 cm³/mol. The summed E-state index contributed by atoms with van der Waals surface area (Å²) in [6.45, 7) is 0.557. The molecule has 1 saturated heterocycles.